The molecular weight excluding hydrogens is 230 g/mol. The van der Waals surface area contributed by atoms with Crippen molar-refractivity contribution in [3.63, 3.8) is 0 Å². The Labute approximate surface area is 118 Å². The van der Waals surface area contributed by atoms with E-state index in [2.05, 4.69) is 57.3 Å². The van der Waals surface area contributed by atoms with E-state index < -0.39 is 0 Å². The van der Waals surface area contributed by atoms with Crippen LogP contribution in [0.2, 0.25) is 0 Å². The molecule has 1 heteroatoms. The number of hydrogen-bond donors (Lipinski definition) is 1. The zero-order valence-corrected chi connectivity index (χ0v) is 13.0. The van der Waals surface area contributed by atoms with Crippen molar-refractivity contribution >= 4 is 0 Å². The van der Waals surface area contributed by atoms with Crippen LogP contribution in [0.1, 0.15) is 57.6 Å². The Bertz CT molecular complexity index is 402. The van der Waals surface area contributed by atoms with Crippen molar-refractivity contribution in [2.24, 2.45) is 11.3 Å². The maximum absolute atomic E-state index is 3.84. The molecule has 1 N–H and O–H groups in total. The van der Waals surface area contributed by atoms with Crippen LogP contribution >= 0.6 is 0 Å². The van der Waals surface area contributed by atoms with Gasteiger partial charge in [0.1, 0.15) is 0 Å². The van der Waals surface area contributed by atoms with Crippen LogP contribution in [0.4, 0.5) is 0 Å². The van der Waals surface area contributed by atoms with Gasteiger partial charge in [0, 0.05) is 12.6 Å². The van der Waals surface area contributed by atoms with Gasteiger partial charge < -0.3 is 5.32 Å². The highest BCUT2D eigenvalue weighted by atomic mass is 14.9. The maximum atomic E-state index is 3.84. The summed E-state index contributed by atoms with van der Waals surface area (Å²) in [7, 11) is 0. The minimum Gasteiger partial charge on any atom is -0.310 e. The fourth-order valence-corrected chi connectivity index (χ4v) is 3.46. The summed E-state index contributed by atoms with van der Waals surface area (Å²) in [5.74, 6) is 0.810. The van der Waals surface area contributed by atoms with E-state index in [0.29, 0.717) is 11.5 Å². The van der Waals surface area contributed by atoms with Gasteiger partial charge in [-0.05, 0) is 42.2 Å². The van der Waals surface area contributed by atoms with E-state index >= 15 is 0 Å². The summed E-state index contributed by atoms with van der Waals surface area (Å²) in [6, 6.07) is 9.41. The number of benzene rings is 1. The lowest BCUT2D eigenvalue weighted by Gasteiger charge is -2.41. The molecule has 1 saturated carbocycles. The van der Waals surface area contributed by atoms with Crippen LogP contribution in [0.3, 0.4) is 0 Å². The van der Waals surface area contributed by atoms with Crippen molar-refractivity contribution in [2.75, 3.05) is 0 Å². The van der Waals surface area contributed by atoms with Crippen LogP contribution in [0, 0.1) is 18.3 Å². The molecule has 1 nitrogen and oxygen atoms in total. The number of aryl methyl sites for hydroxylation is 1. The average Bonchev–Trinajstić information content (AvgIpc) is 2.37. The smallest absolute Gasteiger partial charge is 0.0210 e. The maximum Gasteiger partial charge on any atom is 0.0210 e. The second-order valence-corrected chi connectivity index (χ2v) is 7.17. The van der Waals surface area contributed by atoms with E-state index in [1.807, 2.05) is 0 Å². The standard InChI is InChI=1S/C18H29N/c1-14-9-5-6-10-15(14)13-19-17-12-8-7-11-16(17)18(2,3)4/h5-6,9-10,16-17,19H,7-8,11-13H2,1-4H3. The third kappa shape index (κ3) is 3.82. The lowest BCUT2D eigenvalue weighted by atomic mass is 9.69. The first-order valence-corrected chi connectivity index (χ1v) is 7.76. The fraction of sp³-hybridized carbons (Fsp3) is 0.667. The molecule has 0 spiro atoms. The summed E-state index contributed by atoms with van der Waals surface area (Å²) >= 11 is 0. The molecule has 0 saturated heterocycles. The van der Waals surface area contributed by atoms with E-state index in [1.54, 1.807) is 0 Å². The molecule has 106 valence electrons. The molecule has 0 bridgehead atoms. The third-order valence-electron chi connectivity index (χ3n) is 4.69. The summed E-state index contributed by atoms with van der Waals surface area (Å²) in [4.78, 5) is 0. The third-order valence-corrected chi connectivity index (χ3v) is 4.69. The van der Waals surface area contributed by atoms with Gasteiger partial charge in [-0.2, -0.15) is 0 Å². The molecular formula is C18H29N. The van der Waals surface area contributed by atoms with Gasteiger partial charge in [0.2, 0.25) is 0 Å². The molecule has 0 amide bonds. The molecule has 2 atom stereocenters. The quantitative estimate of drug-likeness (QED) is 0.830. The van der Waals surface area contributed by atoms with E-state index in [1.165, 1.54) is 36.8 Å². The van der Waals surface area contributed by atoms with E-state index in [4.69, 9.17) is 0 Å². The largest absolute Gasteiger partial charge is 0.310 e. The summed E-state index contributed by atoms with van der Waals surface area (Å²) in [5, 5.41) is 3.84. The zero-order valence-electron chi connectivity index (χ0n) is 13.0. The number of nitrogens with one attached hydrogen (secondary N) is 1. The number of rotatable bonds is 3. The van der Waals surface area contributed by atoms with Crippen molar-refractivity contribution in [3.05, 3.63) is 35.4 Å². The van der Waals surface area contributed by atoms with Crippen molar-refractivity contribution in [1.82, 2.24) is 5.32 Å². The summed E-state index contributed by atoms with van der Waals surface area (Å²) < 4.78 is 0. The predicted octanol–water partition coefficient (Wildman–Crippen LogP) is 4.69. The Kier molecular flexibility index (Phi) is 4.67. The summed E-state index contributed by atoms with van der Waals surface area (Å²) in [5.41, 5.74) is 3.27. The molecule has 1 aliphatic carbocycles. The Morgan fingerprint density at radius 2 is 1.79 bits per heavy atom. The van der Waals surface area contributed by atoms with Crippen LogP contribution in [0.25, 0.3) is 0 Å². The van der Waals surface area contributed by atoms with Gasteiger partial charge in [-0.1, -0.05) is 57.9 Å². The first-order valence-electron chi connectivity index (χ1n) is 7.76. The molecule has 2 rings (SSSR count). The molecule has 19 heavy (non-hydrogen) atoms. The molecule has 2 unspecified atom stereocenters. The Morgan fingerprint density at radius 3 is 2.47 bits per heavy atom. The first-order chi connectivity index (χ1) is 8.98. The van der Waals surface area contributed by atoms with Gasteiger partial charge in [-0.3, -0.25) is 0 Å². The van der Waals surface area contributed by atoms with Crippen LogP contribution in [0.15, 0.2) is 24.3 Å². The second kappa shape index (κ2) is 6.09. The molecule has 1 fully saturated rings. The normalized spacial score (nSPS) is 24.4. The molecule has 1 aromatic rings. The SMILES string of the molecule is Cc1ccccc1CNC1CCCCC1C(C)(C)C. The average molecular weight is 259 g/mol. The zero-order chi connectivity index (χ0) is 13.9. The van der Waals surface area contributed by atoms with Gasteiger partial charge in [0.25, 0.3) is 0 Å². The van der Waals surface area contributed by atoms with Crippen molar-refractivity contribution in [1.29, 1.82) is 0 Å². The minimum atomic E-state index is 0.420. The molecule has 0 heterocycles. The molecule has 1 aromatic carbocycles. The topological polar surface area (TPSA) is 12.0 Å². The van der Waals surface area contributed by atoms with Gasteiger partial charge in [0.05, 0.1) is 0 Å². The number of hydrogen-bond acceptors (Lipinski definition) is 1. The molecule has 0 aliphatic heterocycles. The van der Waals surface area contributed by atoms with E-state index in [0.717, 1.165) is 12.5 Å². The Balaban J connectivity index is 1.99. The van der Waals surface area contributed by atoms with Crippen LogP contribution in [-0.4, -0.2) is 6.04 Å². The minimum absolute atomic E-state index is 0.420. The first kappa shape index (κ1) is 14.6. The molecule has 0 radical (unpaired) electrons. The highest BCUT2D eigenvalue weighted by Gasteiger charge is 2.33. The highest BCUT2D eigenvalue weighted by molar-refractivity contribution is 5.25. The fourth-order valence-electron chi connectivity index (χ4n) is 3.46. The predicted molar refractivity (Wildman–Crippen MR) is 83.2 cm³/mol. The van der Waals surface area contributed by atoms with Crippen LogP contribution < -0.4 is 5.32 Å². The second-order valence-electron chi connectivity index (χ2n) is 7.17. The lowest BCUT2D eigenvalue weighted by molar-refractivity contribution is 0.130. The van der Waals surface area contributed by atoms with Gasteiger partial charge in [-0.15, -0.1) is 0 Å². The highest BCUT2D eigenvalue weighted by Crippen LogP contribution is 2.38. The van der Waals surface area contributed by atoms with Crippen molar-refractivity contribution < 1.29 is 0 Å². The Hall–Kier alpha value is -0.820. The van der Waals surface area contributed by atoms with E-state index in [-0.39, 0.29) is 0 Å². The van der Waals surface area contributed by atoms with Crippen LogP contribution in [0.5, 0.6) is 0 Å². The van der Waals surface area contributed by atoms with Crippen molar-refractivity contribution in [3.8, 4) is 0 Å². The Morgan fingerprint density at radius 1 is 1.11 bits per heavy atom. The molecule has 0 aromatic heterocycles. The van der Waals surface area contributed by atoms with Gasteiger partial charge in [0.15, 0.2) is 0 Å². The van der Waals surface area contributed by atoms with Gasteiger partial charge >= 0.3 is 0 Å². The van der Waals surface area contributed by atoms with E-state index in [9.17, 15) is 0 Å². The van der Waals surface area contributed by atoms with Gasteiger partial charge in [-0.25, -0.2) is 0 Å². The monoisotopic (exact) mass is 259 g/mol. The summed E-state index contributed by atoms with van der Waals surface area (Å²) in [6.45, 7) is 10.4. The lowest BCUT2D eigenvalue weighted by Crippen LogP contribution is -2.44. The van der Waals surface area contributed by atoms with Crippen LogP contribution in [-0.2, 0) is 6.54 Å². The summed E-state index contributed by atoms with van der Waals surface area (Å²) in [6.07, 6.45) is 5.52. The van der Waals surface area contributed by atoms with Crippen molar-refractivity contribution in [2.45, 2.75) is 66.0 Å². The molecule has 1 aliphatic rings.